The van der Waals surface area contributed by atoms with Crippen molar-refractivity contribution in [2.75, 3.05) is 35.2 Å². The molecule has 4 rings (SSSR count). The van der Waals surface area contributed by atoms with Crippen LogP contribution in [-0.2, 0) is 0 Å². The van der Waals surface area contributed by atoms with Gasteiger partial charge < -0.3 is 26.6 Å². The van der Waals surface area contributed by atoms with Crippen molar-refractivity contribution in [1.82, 2.24) is 25.3 Å². The highest BCUT2D eigenvalue weighted by Crippen LogP contribution is 2.25. The molecule has 0 atom stereocenters. The van der Waals surface area contributed by atoms with Crippen molar-refractivity contribution in [2.45, 2.75) is 18.9 Å². The van der Waals surface area contributed by atoms with Gasteiger partial charge in [0.15, 0.2) is 0 Å². The van der Waals surface area contributed by atoms with Crippen molar-refractivity contribution in [2.24, 2.45) is 5.73 Å². The molecule has 0 unspecified atom stereocenters. The van der Waals surface area contributed by atoms with Crippen LogP contribution in [0.15, 0.2) is 49.2 Å². The number of rotatable bonds is 8. The molecule has 1 aliphatic rings. The Hall–Kier alpha value is -4.79. The first-order valence-corrected chi connectivity index (χ1v) is 11.0. The lowest BCUT2D eigenvalue weighted by atomic mass is 10.0. The molecule has 3 aromatic rings. The van der Waals surface area contributed by atoms with Crippen molar-refractivity contribution >= 4 is 35.0 Å². The quantitative estimate of drug-likeness (QED) is 0.351. The van der Waals surface area contributed by atoms with Gasteiger partial charge in [-0.25, -0.2) is 15.0 Å². The molecule has 12 heteroatoms. The third kappa shape index (κ3) is 5.97. The largest absolute Gasteiger partial charge is 0.381 e. The van der Waals surface area contributed by atoms with Crippen LogP contribution in [-0.4, -0.2) is 57.4 Å². The first kappa shape index (κ1) is 23.4. The van der Waals surface area contributed by atoms with Crippen LogP contribution in [0.4, 0.5) is 23.1 Å². The van der Waals surface area contributed by atoms with E-state index in [-0.39, 0.29) is 18.5 Å². The summed E-state index contributed by atoms with van der Waals surface area (Å²) in [6, 6.07) is 7.22. The lowest BCUT2D eigenvalue weighted by Gasteiger charge is -2.34. The number of amides is 2. The number of hydrogen-bond donors (Lipinski definition) is 4. The van der Waals surface area contributed by atoms with Crippen LogP contribution < -0.4 is 26.6 Å². The molecule has 35 heavy (non-hydrogen) atoms. The second-order valence-corrected chi connectivity index (χ2v) is 7.85. The van der Waals surface area contributed by atoms with Gasteiger partial charge >= 0.3 is 0 Å². The highest BCUT2D eigenvalue weighted by molar-refractivity contribution is 5.98. The lowest BCUT2D eigenvalue weighted by molar-refractivity contribution is 0.0956. The summed E-state index contributed by atoms with van der Waals surface area (Å²) in [6.07, 6.45) is 9.28. The van der Waals surface area contributed by atoms with E-state index in [1.165, 1.54) is 12.4 Å². The van der Waals surface area contributed by atoms with Gasteiger partial charge in [-0.1, -0.05) is 0 Å². The first-order chi connectivity index (χ1) is 17.0. The summed E-state index contributed by atoms with van der Waals surface area (Å²) in [5.41, 5.74) is 6.87. The zero-order valence-electron chi connectivity index (χ0n) is 18.8. The minimum Gasteiger partial charge on any atom is -0.381 e. The number of hydrogen-bond acceptors (Lipinski definition) is 10. The molecule has 4 heterocycles. The predicted octanol–water partition coefficient (Wildman–Crippen LogP) is 1.44. The zero-order valence-corrected chi connectivity index (χ0v) is 18.8. The topological polar surface area (TPSA) is 175 Å². The maximum absolute atomic E-state index is 11.9. The second-order valence-electron chi connectivity index (χ2n) is 7.85. The van der Waals surface area contributed by atoms with E-state index in [2.05, 4.69) is 40.8 Å². The molecule has 2 amide bonds. The Morgan fingerprint density at radius 1 is 1.09 bits per heavy atom. The van der Waals surface area contributed by atoms with Gasteiger partial charge in [-0.05, 0) is 25.0 Å². The Morgan fingerprint density at radius 3 is 2.57 bits per heavy atom. The molecule has 0 radical (unpaired) electrons. The molecule has 0 spiro atoms. The number of carbonyl (C=O) groups is 2. The van der Waals surface area contributed by atoms with E-state index in [0.29, 0.717) is 28.5 Å². The average molecular weight is 473 g/mol. The Balaban J connectivity index is 1.38. The molecule has 12 nitrogen and oxygen atoms in total. The number of anilines is 4. The van der Waals surface area contributed by atoms with Crippen LogP contribution in [0.25, 0.3) is 0 Å². The summed E-state index contributed by atoms with van der Waals surface area (Å²) in [4.78, 5) is 42.9. The van der Waals surface area contributed by atoms with E-state index >= 15 is 0 Å². The van der Waals surface area contributed by atoms with Crippen molar-refractivity contribution in [3.63, 3.8) is 0 Å². The van der Waals surface area contributed by atoms with E-state index < -0.39 is 5.91 Å². The summed E-state index contributed by atoms with van der Waals surface area (Å²) in [5, 5.41) is 17.6. The van der Waals surface area contributed by atoms with Gasteiger partial charge in [-0.3, -0.25) is 14.6 Å². The maximum atomic E-state index is 11.9. The first-order valence-electron chi connectivity index (χ1n) is 11.0. The van der Waals surface area contributed by atoms with Crippen LogP contribution in [0.3, 0.4) is 0 Å². The minimum absolute atomic E-state index is 0.0477. The molecule has 5 N–H and O–H groups in total. The minimum atomic E-state index is -0.563. The van der Waals surface area contributed by atoms with Crippen LogP contribution in [0.5, 0.6) is 0 Å². The fraction of sp³-hybridized carbons (Fsp3) is 0.261. The molecule has 0 bridgehead atoms. The number of carbonyl (C=O) groups excluding carboxylic acids is 2. The Morgan fingerprint density at radius 2 is 1.91 bits per heavy atom. The zero-order chi connectivity index (χ0) is 24.6. The Labute approximate surface area is 201 Å². The molecule has 0 aliphatic carbocycles. The summed E-state index contributed by atoms with van der Waals surface area (Å²) in [7, 11) is 0. The Bertz CT molecular complexity index is 1220. The van der Waals surface area contributed by atoms with Crippen LogP contribution in [0.2, 0.25) is 0 Å². The predicted molar refractivity (Wildman–Crippen MR) is 129 cm³/mol. The van der Waals surface area contributed by atoms with Crippen molar-refractivity contribution in [1.29, 1.82) is 5.26 Å². The van der Waals surface area contributed by atoms with Gasteiger partial charge in [-0.2, -0.15) is 5.26 Å². The molecule has 0 aromatic carbocycles. The summed E-state index contributed by atoms with van der Waals surface area (Å²) < 4.78 is 0. The number of nitriles is 1. The number of piperidine rings is 1. The smallest absolute Gasteiger partial charge is 0.253 e. The maximum Gasteiger partial charge on any atom is 0.253 e. The van der Waals surface area contributed by atoms with Gasteiger partial charge in [0.2, 0.25) is 0 Å². The standard InChI is InChI=1S/C23H24N10O2/c24-5-6-28-23(35)15-1-2-21(30-12-15)33-9-3-16(4-10-33)31-18-11-19(29-13-17(18)22(25)34)32-20-14-26-7-8-27-20/h1-2,7-8,11-14,16H,3-4,6,9-10H2,(H2,25,34)(H,28,35)(H2,27,29,31,32). The molecule has 3 aromatic heterocycles. The van der Waals surface area contributed by atoms with Gasteiger partial charge in [0.1, 0.15) is 24.0 Å². The van der Waals surface area contributed by atoms with Crippen molar-refractivity contribution < 1.29 is 9.59 Å². The number of nitrogens with zero attached hydrogens (tertiary/aromatic N) is 6. The highest BCUT2D eigenvalue weighted by Gasteiger charge is 2.22. The van der Waals surface area contributed by atoms with Crippen molar-refractivity contribution in [3.05, 3.63) is 60.3 Å². The number of primary amides is 1. The average Bonchev–Trinajstić information content (AvgIpc) is 2.88. The molecule has 1 fully saturated rings. The van der Waals surface area contributed by atoms with E-state index in [0.717, 1.165) is 31.7 Å². The van der Waals surface area contributed by atoms with Crippen LogP contribution in [0.1, 0.15) is 33.6 Å². The molecule has 1 saturated heterocycles. The van der Waals surface area contributed by atoms with Gasteiger partial charge in [0.25, 0.3) is 11.8 Å². The second kappa shape index (κ2) is 10.9. The highest BCUT2D eigenvalue weighted by atomic mass is 16.2. The summed E-state index contributed by atoms with van der Waals surface area (Å²) in [6.45, 7) is 1.44. The third-order valence-electron chi connectivity index (χ3n) is 5.51. The van der Waals surface area contributed by atoms with E-state index in [9.17, 15) is 9.59 Å². The number of pyridine rings is 2. The molecular formula is C23H24N10O2. The van der Waals surface area contributed by atoms with E-state index in [4.69, 9.17) is 11.0 Å². The van der Waals surface area contributed by atoms with E-state index in [1.807, 2.05) is 6.07 Å². The number of nitrogens with one attached hydrogen (secondary N) is 3. The lowest BCUT2D eigenvalue weighted by Crippen LogP contribution is -2.39. The molecule has 178 valence electrons. The third-order valence-corrected chi connectivity index (χ3v) is 5.51. The van der Waals surface area contributed by atoms with Gasteiger partial charge in [0.05, 0.1) is 29.1 Å². The van der Waals surface area contributed by atoms with Gasteiger partial charge in [0, 0.05) is 50.0 Å². The number of aromatic nitrogens is 4. The van der Waals surface area contributed by atoms with Gasteiger partial charge in [-0.15, -0.1) is 0 Å². The monoisotopic (exact) mass is 472 g/mol. The summed E-state index contributed by atoms with van der Waals surface area (Å²) in [5.74, 6) is 0.930. The Kier molecular flexibility index (Phi) is 7.27. The molecular weight excluding hydrogens is 448 g/mol. The van der Waals surface area contributed by atoms with Crippen molar-refractivity contribution in [3.8, 4) is 6.07 Å². The fourth-order valence-electron chi connectivity index (χ4n) is 3.74. The van der Waals surface area contributed by atoms with E-state index in [1.54, 1.807) is 36.8 Å². The molecule has 0 saturated carbocycles. The van der Waals surface area contributed by atoms with Crippen LogP contribution in [0, 0.1) is 11.3 Å². The fourth-order valence-corrected chi connectivity index (χ4v) is 3.74. The number of nitrogens with two attached hydrogens (primary N) is 1. The SMILES string of the molecule is N#CCNC(=O)c1ccc(N2CCC(Nc3cc(Nc4cnccn4)ncc3C(N)=O)CC2)nc1. The normalized spacial score (nSPS) is 13.5. The molecule has 1 aliphatic heterocycles. The summed E-state index contributed by atoms with van der Waals surface area (Å²) >= 11 is 0. The van der Waals surface area contributed by atoms with Crippen LogP contribution >= 0.6 is 0 Å².